The van der Waals surface area contributed by atoms with Crippen molar-refractivity contribution >= 4 is 65.7 Å². The summed E-state index contributed by atoms with van der Waals surface area (Å²) in [6.45, 7) is 0. The van der Waals surface area contributed by atoms with Crippen molar-refractivity contribution in [1.29, 1.82) is 0 Å². The van der Waals surface area contributed by atoms with Crippen molar-refractivity contribution in [3.63, 3.8) is 0 Å². The average molecular weight is 578 g/mol. The Labute approximate surface area is 256 Å². The number of aromatic nitrogens is 3. The molecule has 0 N–H and O–H groups in total. The molecule has 0 saturated heterocycles. The number of benzene rings is 6. The van der Waals surface area contributed by atoms with E-state index in [2.05, 4.69) is 83.4 Å². The van der Waals surface area contributed by atoms with Crippen molar-refractivity contribution in [2.24, 2.45) is 0 Å². The summed E-state index contributed by atoms with van der Waals surface area (Å²) in [5.41, 5.74) is 8.27. The van der Waals surface area contributed by atoms with Crippen LogP contribution in [-0.2, 0) is 0 Å². The van der Waals surface area contributed by atoms with Gasteiger partial charge in [0, 0.05) is 55.6 Å². The predicted octanol–water partition coefficient (Wildman–Crippen LogP) is 10.7. The fraction of sp³-hybridized carbons (Fsp3) is 0. The molecule has 0 saturated carbocycles. The number of hydrogen-bond acceptors (Lipinski definition) is 4. The van der Waals surface area contributed by atoms with Crippen LogP contribution in [-0.4, -0.2) is 14.5 Å². The zero-order chi connectivity index (χ0) is 29.5. The molecule has 5 nitrogen and oxygen atoms in total. The Morgan fingerprint density at radius 3 is 2.00 bits per heavy atom. The molecule has 210 valence electrons. The third-order valence-electron chi connectivity index (χ3n) is 8.83. The zero-order valence-electron chi connectivity index (χ0n) is 23.9. The highest BCUT2D eigenvalue weighted by molar-refractivity contribution is 6.17. The van der Waals surface area contributed by atoms with Gasteiger partial charge in [0.1, 0.15) is 28.1 Å². The van der Waals surface area contributed by atoms with Crippen molar-refractivity contribution in [3.8, 4) is 28.5 Å². The molecule has 0 spiro atoms. The van der Waals surface area contributed by atoms with Crippen molar-refractivity contribution in [1.82, 2.24) is 14.5 Å². The van der Waals surface area contributed by atoms with Gasteiger partial charge in [0.2, 0.25) is 0 Å². The summed E-state index contributed by atoms with van der Waals surface area (Å²) in [5.74, 6) is 1.42. The summed E-state index contributed by atoms with van der Waals surface area (Å²) >= 11 is 0. The number of rotatable bonds is 3. The Balaban J connectivity index is 1.32. The third kappa shape index (κ3) is 3.55. The van der Waals surface area contributed by atoms with Crippen LogP contribution in [0.4, 0.5) is 0 Å². The van der Waals surface area contributed by atoms with Gasteiger partial charge in [-0.05, 0) is 30.3 Å². The van der Waals surface area contributed by atoms with Crippen molar-refractivity contribution in [3.05, 3.63) is 140 Å². The van der Waals surface area contributed by atoms with E-state index in [1.54, 1.807) is 0 Å². The normalized spacial score (nSPS) is 12.0. The van der Waals surface area contributed by atoms with Crippen LogP contribution in [0.15, 0.2) is 148 Å². The number of fused-ring (bicyclic) bond motifs is 9. The summed E-state index contributed by atoms with van der Waals surface area (Å²) in [4.78, 5) is 10.5. The quantitative estimate of drug-likeness (QED) is 0.210. The monoisotopic (exact) mass is 577 g/mol. The highest BCUT2D eigenvalue weighted by Gasteiger charge is 2.20. The van der Waals surface area contributed by atoms with Gasteiger partial charge in [0.05, 0.1) is 16.7 Å². The lowest BCUT2D eigenvalue weighted by Crippen LogP contribution is -2.02. The summed E-state index contributed by atoms with van der Waals surface area (Å²) in [7, 11) is 0. The fourth-order valence-electron chi connectivity index (χ4n) is 6.82. The first kappa shape index (κ1) is 24.3. The molecule has 0 amide bonds. The molecule has 0 bridgehead atoms. The van der Waals surface area contributed by atoms with Gasteiger partial charge in [-0.25, -0.2) is 9.97 Å². The minimum Gasteiger partial charge on any atom is -0.456 e. The molecule has 6 aromatic carbocycles. The Kier molecular flexibility index (Phi) is 4.93. The number of nitrogens with zero attached hydrogens (tertiary/aromatic N) is 3. The third-order valence-corrected chi connectivity index (χ3v) is 8.83. The van der Waals surface area contributed by atoms with Gasteiger partial charge in [-0.2, -0.15) is 0 Å². The molecule has 0 aliphatic heterocycles. The molecule has 4 heterocycles. The summed E-state index contributed by atoms with van der Waals surface area (Å²) < 4.78 is 14.8. The van der Waals surface area contributed by atoms with E-state index in [0.717, 1.165) is 88.3 Å². The standard InChI is InChI=1S/C40H23N3O2/c1-2-11-24(12-3-1)31-22-38(42-40(41-31)28-16-10-20-36-39(28)27-15-6-9-19-35(27)44-36)43-32-17-7-4-13-25(32)29-21-30-26-14-5-8-18-34(26)45-37(30)23-33(29)43/h1-23H. The van der Waals surface area contributed by atoms with Crippen LogP contribution >= 0.6 is 0 Å². The number of furan rings is 2. The molecule has 10 rings (SSSR count). The van der Waals surface area contributed by atoms with Crippen molar-refractivity contribution in [2.45, 2.75) is 0 Å². The molecule has 0 aliphatic carbocycles. The van der Waals surface area contributed by atoms with Crippen molar-refractivity contribution < 1.29 is 8.83 Å². The maximum Gasteiger partial charge on any atom is 0.162 e. The van der Waals surface area contributed by atoms with Crippen LogP contribution < -0.4 is 0 Å². The highest BCUT2D eigenvalue weighted by atomic mass is 16.3. The second-order valence-electron chi connectivity index (χ2n) is 11.4. The number of para-hydroxylation sites is 3. The number of hydrogen-bond donors (Lipinski definition) is 0. The van der Waals surface area contributed by atoms with E-state index in [4.69, 9.17) is 18.8 Å². The minimum absolute atomic E-state index is 0.638. The summed E-state index contributed by atoms with van der Waals surface area (Å²) in [6.07, 6.45) is 0. The van der Waals surface area contributed by atoms with Crippen molar-refractivity contribution in [2.75, 3.05) is 0 Å². The SMILES string of the molecule is c1ccc(-c2cc(-n3c4ccccc4c4cc5c(cc43)oc3ccccc35)nc(-c3cccc4oc5ccccc5c34)n2)cc1. The van der Waals surface area contributed by atoms with Gasteiger partial charge < -0.3 is 8.83 Å². The van der Waals surface area contributed by atoms with Gasteiger partial charge in [0.15, 0.2) is 5.82 Å². The topological polar surface area (TPSA) is 57.0 Å². The molecule has 0 atom stereocenters. The van der Waals surface area contributed by atoms with Gasteiger partial charge >= 0.3 is 0 Å². The van der Waals surface area contributed by atoms with Crippen LogP contribution in [0.25, 0.3) is 94.1 Å². The van der Waals surface area contributed by atoms with E-state index in [1.165, 1.54) is 0 Å². The van der Waals surface area contributed by atoms with E-state index in [-0.39, 0.29) is 0 Å². The largest absolute Gasteiger partial charge is 0.456 e. The van der Waals surface area contributed by atoms with E-state index in [1.807, 2.05) is 60.7 Å². The van der Waals surface area contributed by atoms with Gasteiger partial charge in [0.25, 0.3) is 0 Å². The Morgan fingerprint density at radius 2 is 1.13 bits per heavy atom. The molecule has 45 heavy (non-hydrogen) atoms. The molecular weight excluding hydrogens is 554 g/mol. The Bertz CT molecular complexity index is 2770. The first-order valence-electron chi connectivity index (χ1n) is 15.0. The maximum absolute atomic E-state index is 6.36. The Hall–Kier alpha value is -6.20. The second-order valence-corrected chi connectivity index (χ2v) is 11.4. The lowest BCUT2D eigenvalue weighted by atomic mass is 10.1. The molecule has 0 radical (unpaired) electrons. The molecule has 10 aromatic rings. The van der Waals surface area contributed by atoms with E-state index in [0.29, 0.717) is 5.82 Å². The first-order chi connectivity index (χ1) is 22.3. The lowest BCUT2D eigenvalue weighted by Gasteiger charge is -2.12. The van der Waals surface area contributed by atoms with Crippen LogP contribution in [0.3, 0.4) is 0 Å². The fourth-order valence-corrected chi connectivity index (χ4v) is 6.82. The molecule has 0 fully saturated rings. The van der Waals surface area contributed by atoms with Crippen LogP contribution in [0.2, 0.25) is 0 Å². The van der Waals surface area contributed by atoms with Gasteiger partial charge in [-0.15, -0.1) is 0 Å². The van der Waals surface area contributed by atoms with Crippen LogP contribution in [0.5, 0.6) is 0 Å². The molecule has 0 unspecified atom stereocenters. The van der Waals surface area contributed by atoms with E-state index >= 15 is 0 Å². The average Bonchev–Trinajstić information content (AvgIpc) is 3.76. The van der Waals surface area contributed by atoms with Gasteiger partial charge in [-0.1, -0.05) is 97.1 Å². The summed E-state index contributed by atoms with van der Waals surface area (Å²) in [6, 6.07) is 47.7. The molecule has 4 aromatic heterocycles. The molecule has 5 heteroatoms. The van der Waals surface area contributed by atoms with Gasteiger partial charge in [-0.3, -0.25) is 4.57 Å². The van der Waals surface area contributed by atoms with Crippen LogP contribution in [0, 0.1) is 0 Å². The summed E-state index contributed by atoms with van der Waals surface area (Å²) in [5, 5.41) is 6.58. The smallest absolute Gasteiger partial charge is 0.162 e. The minimum atomic E-state index is 0.638. The lowest BCUT2D eigenvalue weighted by molar-refractivity contribution is 0.668. The first-order valence-corrected chi connectivity index (χ1v) is 15.0. The predicted molar refractivity (Wildman–Crippen MR) is 182 cm³/mol. The highest BCUT2D eigenvalue weighted by Crippen LogP contribution is 2.40. The van der Waals surface area contributed by atoms with E-state index < -0.39 is 0 Å². The van der Waals surface area contributed by atoms with Crippen LogP contribution in [0.1, 0.15) is 0 Å². The maximum atomic E-state index is 6.36. The van der Waals surface area contributed by atoms with E-state index in [9.17, 15) is 0 Å². The second kappa shape index (κ2) is 9.15. The molecule has 0 aliphatic rings. The Morgan fingerprint density at radius 1 is 0.444 bits per heavy atom. The molecular formula is C40H23N3O2. The zero-order valence-corrected chi connectivity index (χ0v) is 23.9.